The summed E-state index contributed by atoms with van der Waals surface area (Å²) >= 11 is 5.74. The van der Waals surface area contributed by atoms with E-state index in [2.05, 4.69) is 10.1 Å². The zero-order valence-electron chi connectivity index (χ0n) is 8.35. The molecule has 0 atom stereocenters. The van der Waals surface area contributed by atoms with E-state index in [1.165, 1.54) is 0 Å². The van der Waals surface area contributed by atoms with Crippen molar-refractivity contribution < 1.29 is 17.9 Å². The highest BCUT2D eigenvalue weighted by atomic mass is 35.5. The van der Waals surface area contributed by atoms with Gasteiger partial charge in [0.15, 0.2) is 0 Å². The number of hydrogen-bond donors (Lipinski definition) is 1. The van der Waals surface area contributed by atoms with Crippen LogP contribution < -0.4 is 5.32 Å². The van der Waals surface area contributed by atoms with Gasteiger partial charge in [0, 0.05) is 18.1 Å². The van der Waals surface area contributed by atoms with Crippen LogP contribution in [0.4, 0.5) is 13.2 Å². The Morgan fingerprint density at radius 2 is 2.06 bits per heavy atom. The van der Waals surface area contributed by atoms with Gasteiger partial charge in [0.2, 0.25) is 0 Å². The van der Waals surface area contributed by atoms with E-state index >= 15 is 0 Å². The molecule has 90 valence electrons. The van der Waals surface area contributed by atoms with E-state index in [-0.39, 0.29) is 6.54 Å². The molecule has 0 saturated carbocycles. The Morgan fingerprint density at radius 1 is 1.31 bits per heavy atom. The van der Waals surface area contributed by atoms with Crippen LogP contribution in [0, 0.1) is 0 Å². The minimum absolute atomic E-state index is 0.131. The van der Waals surface area contributed by atoms with Crippen LogP contribution in [0.1, 0.15) is 5.56 Å². The van der Waals surface area contributed by atoms with E-state index in [1.54, 1.807) is 18.2 Å². The predicted octanol–water partition coefficient (Wildman–Crippen LogP) is 2.97. The summed E-state index contributed by atoms with van der Waals surface area (Å²) in [4.78, 5) is 0. The van der Waals surface area contributed by atoms with Gasteiger partial charge in [-0.3, -0.25) is 4.74 Å². The molecule has 0 saturated heterocycles. The average molecular weight is 254 g/mol. The maximum atomic E-state index is 11.6. The molecule has 0 aliphatic heterocycles. The van der Waals surface area contributed by atoms with E-state index < -0.39 is 13.0 Å². The van der Waals surface area contributed by atoms with Crippen LogP contribution in [0.3, 0.4) is 0 Å². The molecule has 0 amide bonds. The summed E-state index contributed by atoms with van der Waals surface area (Å²) in [6.07, 6.45) is -4.56. The lowest BCUT2D eigenvalue weighted by molar-refractivity contribution is -0.323. The van der Waals surface area contributed by atoms with Crippen molar-refractivity contribution in [3.63, 3.8) is 0 Å². The maximum Gasteiger partial charge on any atom is 0.522 e. The molecule has 0 radical (unpaired) electrons. The maximum absolute atomic E-state index is 11.6. The summed E-state index contributed by atoms with van der Waals surface area (Å²) in [6.45, 7) is 0.192. The highest BCUT2D eigenvalue weighted by Crippen LogP contribution is 2.15. The molecule has 0 spiro atoms. The highest BCUT2D eigenvalue weighted by molar-refractivity contribution is 6.30. The summed E-state index contributed by atoms with van der Waals surface area (Å²) < 4.78 is 38.4. The van der Waals surface area contributed by atoms with Gasteiger partial charge in [-0.1, -0.05) is 23.7 Å². The highest BCUT2D eigenvalue weighted by Gasteiger charge is 2.28. The smallest absolute Gasteiger partial charge is 0.310 e. The Morgan fingerprint density at radius 3 is 2.69 bits per heavy atom. The number of rotatable bonds is 5. The van der Waals surface area contributed by atoms with Gasteiger partial charge in [0.1, 0.15) is 0 Å². The fraction of sp³-hybridized carbons (Fsp3) is 0.400. The lowest BCUT2D eigenvalue weighted by Crippen LogP contribution is -2.23. The summed E-state index contributed by atoms with van der Waals surface area (Å²) in [5.74, 6) is 0. The lowest BCUT2D eigenvalue weighted by atomic mass is 10.2. The quantitative estimate of drug-likeness (QED) is 0.815. The largest absolute Gasteiger partial charge is 0.522 e. The molecular formula is C10H11ClF3NO. The first-order valence-electron chi connectivity index (χ1n) is 4.63. The first kappa shape index (κ1) is 13.3. The number of hydrogen-bond acceptors (Lipinski definition) is 2. The number of nitrogens with one attached hydrogen (secondary N) is 1. The van der Waals surface area contributed by atoms with Crippen molar-refractivity contribution in [2.45, 2.75) is 12.9 Å². The first-order valence-corrected chi connectivity index (χ1v) is 5.01. The van der Waals surface area contributed by atoms with Gasteiger partial charge >= 0.3 is 6.36 Å². The summed E-state index contributed by atoms with van der Waals surface area (Å²) in [7, 11) is 0. The summed E-state index contributed by atoms with van der Waals surface area (Å²) in [5.41, 5.74) is 0.916. The van der Waals surface area contributed by atoms with E-state index in [0.29, 0.717) is 11.6 Å². The number of ether oxygens (including phenoxy) is 1. The Labute approximate surface area is 96.4 Å². The van der Waals surface area contributed by atoms with Crippen molar-refractivity contribution in [3.05, 3.63) is 34.9 Å². The topological polar surface area (TPSA) is 21.3 Å². The molecule has 0 aromatic heterocycles. The second-order valence-electron chi connectivity index (χ2n) is 3.10. The SMILES string of the molecule is FC(F)(F)OCCNCc1cccc(Cl)c1. The molecule has 16 heavy (non-hydrogen) atoms. The van der Waals surface area contributed by atoms with Gasteiger partial charge < -0.3 is 5.32 Å². The minimum Gasteiger partial charge on any atom is -0.310 e. The van der Waals surface area contributed by atoms with Crippen LogP contribution in [0.15, 0.2) is 24.3 Å². The zero-order valence-corrected chi connectivity index (χ0v) is 9.11. The molecule has 0 bridgehead atoms. The second kappa shape index (κ2) is 6.08. The van der Waals surface area contributed by atoms with Crippen molar-refractivity contribution in [2.75, 3.05) is 13.2 Å². The predicted molar refractivity (Wildman–Crippen MR) is 55.2 cm³/mol. The lowest BCUT2D eigenvalue weighted by Gasteiger charge is -2.08. The normalized spacial score (nSPS) is 11.8. The molecule has 0 aliphatic rings. The third-order valence-corrected chi connectivity index (χ3v) is 2.00. The van der Waals surface area contributed by atoms with Crippen molar-refractivity contribution in [2.24, 2.45) is 0 Å². The fourth-order valence-electron chi connectivity index (χ4n) is 1.12. The Kier molecular flexibility index (Phi) is 5.05. The molecule has 1 aromatic rings. The van der Waals surface area contributed by atoms with Gasteiger partial charge in [-0.05, 0) is 17.7 Å². The number of alkyl halides is 3. The van der Waals surface area contributed by atoms with Crippen LogP contribution in [-0.4, -0.2) is 19.5 Å². The Balaban J connectivity index is 2.17. The zero-order chi connectivity index (χ0) is 12.0. The molecule has 0 fully saturated rings. The van der Waals surface area contributed by atoms with Gasteiger partial charge in [-0.25, -0.2) is 0 Å². The molecule has 2 nitrogen and oxygen atoms in total. The van der Waals surface area contributed by atoms with Crippen LogP contribution in [0.2, 0.25) is 5.02 Å². The van der Waals surface area contributed by atoms with E-state index in [4.69, 9.17) is 11.6 Å². The third-order valence-electron chi connectivity index (χ3n) is 1.76. The van der Waals surface area contributed by atoms with E-state index in [1.807, 2.05) is 6.07 Å². The molecule has 0 unspecified atom stereocenters. The summed E-state index contributed by atoms with van der Waals surface area (Å²) in [5, 5.41) is 3.42. The molecule has 0 aliphatic carbocycles. The first-order chi connectivity index (χ1) is 7.47. The molecule has 0 heterocycles. The van der Waals surface area contributed by atoms with Gasteiger partial charge in [0.05, 0.1) is 6.61 Å². The second-order valence-corrected chi connectivity index (χ2v) is 3.54. The van der Waals surface area contributed by atoms with Gasteiger partial charge in [0.25, 0.3) is 0 Å². The fourth-order valence-corrected chi connectivity index (χ4v) is 1.33. The van der Waals surface area contributed by atoms with Gasteiger partial charge in [-0.2, -0.15) is 0 Å². The monoisotopic (exact) mass is 253 g/mol. The van der Waals surface area contributed by atoms with Crippen molar-refractivity contribution in [3.8, 4) is 0 Å². The average Bonchev–Trinajstić information content (AvgIpc) is 2.15. The molecular weight excluding hydrogens is 243 g/mol. The van der Waals surface area contributed by atoms with Crippen LogP contribution in [-0.2, 0) is 11.3 Å². The van der Waals surface area contributed by atoms with Gasteiger partial charge in [-0.15, -0.1) is 13.2 Å². The van der Waals surface area contributed by atoms with E-state index in [0.717, 1.165) is 5.56 Å². The van der Waals surface area contributed by atoms with Crippen molar-refractivity contribution >= 4 is 11.6 Å². The van der Waals surface area contributed by atoms with Crippen molar-refractivity contribution in [1.29, 1.82) is 0 Å². The van der Waals surface area contributed by atoms with Crippen LogP contribution in [0.25, 0.3) is 0 Å². The Hall–Kier alpha value is -0.780. The standard InChI is InChI=1S/C10H11ClF3NO/c11-9-3-1-2-8(6-9)7-15-4-5-16-10(12,13)14/h1-3,6,15H,4-5,7H2. The van der Waals surface area contributed by atoms with Crippen LogP contribution >= 0.6 is 11.6 Å². The van der Waals surface area contributed by atoms with Crippen LogP contribution in [0.5, 0.6) is 0 Å². The summed E-state index contributed by atoms with van der Waals surface area (Å²) in [6, 6.07) is 7.10. The number of halogens is 4. The van der Waals surface area contributed by atoms with Crippen molar-refractivity contribution in [1.82, 2.24) is 5.32 Å². The molecule has 1 N–H and O–H groups in total. The number of benzene rings is 1. The third kappa shape index (κ3) is 5.95. The minimum atomic E-state index is -4.56. The molecule has 6 heteroatoms. The molecule has 1 aromatic carbocycles. The molecule has 1 rings (SSSR count). The Bertz CT molecular complexity index is 330. The van der Waals surface area contributed by atoms with E-state index in [9.17, 15) is 13.2 Å².